The maximum absolute atomic E-state index is 14.0. The summed E-state index contributed by atoms with van der Waals surface area (Å²) in [6.07, 6.45) is 1.66. The third-order valence-corrected chi connectivity index (χ3v) is 9.39. The molecule has 3 aromatic carbocycles. The van der Waals surface area contributed by atoms with Crippen LogP contribution in [0.5, 0.6) is 0 Å². The van der Waals surface area contributed by atoms with Crippen molar-refractivity contribution in [2.75, 3.05) is 39.8 Å². The first-order valence-electron chi connectivity index (χ1n) is 13.9. The maximum atomic E-state index is 14.0. The van der Waals surface area contributed by atoms with Gasteiger partial charge in [0, 0.05) is 39.2 Å². The monoisotopic (exact) mass is 579 g/mol. The number of halogens is 2. The lowest BCUT2D eigenvalue weighted by Crippen LogP contribution is -2.56. The Labute approximate surface area is 247 Å². The standard InChI is InChI=1S/C32H36Cl2N4O2/c1-24(39)35-32(27-11-7-4-8-12-27)15-17-37(18-16-32)19-20-38(22-25-9-5-3-6-10-25)23-30(36(2)31(38)40)26-13-14-28(33)29(34)21-26/h3-14,21,30H,15-20,22-23H2,1-2H3/p+1. The molecule has 210 valence electrons. The highest BCUT2D eigenvalue weighted by molar-refractivity contribution is 6.42. The van der Waals surface area contributed by atoms with Crippen LogP contribution in [-0.2, 0) is 16.9 Å². The number of benzene rings is 3. The van der Waals surface area contributed by atoms with Gasteiger partial charge in [0.05, 0.1) is 15.6 Å². The fraction of sp³-hybridized carbons (Fsp3) is 0.375. The molecule has 0 saturated carbocycles. The Morgan fingerprint density at radius 2 is 1.62 bits per heavy atom. The van der Waals surface area contributed by atoms with Gasteiger partial charge in [0.1, 0.15) is 25.7 Å². The van der Waals surface area contributed by atoms with Gasteiger partial charge >= 0.3 is 6.03 Å². The van der Waals surface area contributed by atoms with Crippen LogP contribution in [0.2, 0.25) is 10.0 Å². The normalized spacial score (nSPS) is 22.9. The van der Waals surface area contributed by atoms with E-state index in [-0.39, 0.29) is 23.5 Å². The van der Waals surface area contributed by atoms with Crippen molar-refractivity contribution in [1.82, 2.24) is 15.1 Å². The molecule has 2 aliphatic heterocycles. The number of nitrogens with zero attached hydrogens (tertiary/aromatic N) is 3. The van der Waals surface area contributed by atoms with Crippen LogP contribution in [0.4, 0.5) is 4.79 Å². The number of rotatable bonds is 8. The first-order chi connectivity index (χ1) is 19.2. The Hall–Kier alpha value is -2.90. The van der Waals surface area contributed by atoms with Crippen LogP contribution in [0.25, 0.3) is 0 Å². The summed E-state index contributed by atoms with van der Waals surface area (Å²) in [4.78, 5) is 30.5. The first-order valence-corrected chi connectivity index (χ1v) is 14.7. The van der Waals surface area contributed by atoms with E-state index >= 15 is 0 Å². The Kier molecular flexibility index (Phi) is 8.52. The summed E-state index contributed by atoms with van der Waals surface area (Å²) in [6.45, 7) is 6.08. The lowest BCUT2D eigenvalue weighted by molar-refractivity contribution is -0.856. The molecule has 8 heteroatoms. The highest BCUT2D eigenvalue weighted by Gasteiger charge is 2.51. The molecule has 0 radical (unpaired) electrons. The van der Waals surface area contributed by atoms with Crippen LogP contribution in [-0.4, -0.2) is 66.0 Å². The van der Waals surface area contributed by atoms with Gasteiger partial charge in [-0.3, -0.25) is 14.6 Å². The SMILES string of the molecule is CC(=O)NC1(c2ccccc2)CCN(CC[N+]2(Cc3ccccc3)CC(c3ccc(Cl)c(Cl)c3)N(C)C2=O)CC1. The molecule has 2 fully saturated rings. The molecule has 2 aliphatic rings. The Morgan fingerprint density at radius 1 is 0.975 bits per heavy atom. The second kappa shape index (κ2) is 11.9. The summed E-state index contributed by atoms with van der Waals surface area (Å²) in [5.74, 6) is -0.0104. The molecule has 0 aromatic heterocycles. The van der Waals surface area contributed by atoms with Gasteiger partial charge in [-0.25, -0.2) is 9.28 Å². The van der Waals surface area contributed by atoms with Crippen molar-refractivity contribution in [2.45, 2.75) is 37.9 Å². The van der Waals surface area contributed by atoms with Crippen LogP contribution in [0.3, 0.4) is 0 Å². The number of nitrogens with one attached hydrogen (secondary N) is 1. The average molecular weight is 581 g/mol. The van der Waals surface area contributed by atoms with Crippen molar-refractivity contribution in [3.05, 3.63) is 106 Å². The molecule has 5 rings (SSSR count). The van der Waals surface area contributed by atoms with Crippen molar-refractivity contribution < 1.29 is 14.1 Å². The predicted molar refractivity (Wildman–Crippen MR) is 160 cm³/mol. The van der Waals surface area contributed by atoms with Crippen molar-refractivity contribution in [3.8, 4) is 0 Å². The number of carbonyl (C=O) groups excluding carboxylic acids is 2. The molecule has 3 amide bonds. The highest BCUT2D eigenvalue weighted by Crippen LogP contribution is 2.38. The number of piperidine rings is 1. The third kappa shape index (κ3) is 5.91. The molecule has 0 bridgehead atoms. The zero-order valence-electron chi connectivity index (χ0n) is 23.2. The zero-order chi connectivity index (χ0) is 28.3. The summed E-state index contributed by atoms with van der Waals surface area (Å²) in [5.41, 5.74) is 2.94. The van der Waals surface area contributed by atoms with Crippen LogP contribution in [0.1, 0.15) is 42.5 Å². The molecular weight excluding hydrogens is 543 g/mol. The minimum Gasteiger partial charge on any atom is -0.347 e. The number of quaternary nitrogens is 1. The summed E-state index contributed by atoms with van der Waals surface area (Å²) in [6, 6.07) is 26.2. The third-order valence-electron chi connectivity index (χ3n) is 8.65. The molecule has 0 aliphatic carbocycles. The minimum atomic E-state index is -0.359. The van der Waals surface area contributed by atoms with Crippen LogP contribution in [0, 0.1) is 0 Å². The summed E-state index contributed by atoms with van der Waals surface area (Å²) < 4.78 is 0.345. The van der Waals surface area contributed by atoms with Crippen molar-refractivity contribution in [1.29, 1.82) is 0 Å². The van der Waals surface area contributed by atoms with Gasteiger partial charge in [0.15, 0.2) is 0 Å². The van der Waals surface area contributed by atoms with Gasteiger partial charge in [-0.15, -0.1) is 0 Å². The smallest absolute Gasteiger partial charge is 0.347 e. The second-order valence-electron chi connectivity index (χ2n) is 11.2. The molecule has 2 unspecified atom stereocenters. The molecule has 40 heavy (non-hydrogen) atoms. The summed E-state index contributed by atoms with van der Waals surface area (Å²) in [7, 11) is 1.89. The zero-order valence-corrected chi connectivity index (χ0v) is 24.7. The first kappa shape index (κ1) is 28.6. The molecule has 2 saturated heterocycles. The van der Waals surface area contributed by atoms with Crippen LogP contribution >= 0.6 is 23.2 Å². The van der Waals surface area contributed by atoms with E-state index in [1.54, 1.807) is 6.92 Å². The molecule has 0 spiro atoms. The number of carbonyl (C=O) groups is 2. The maximum Gasteiger partial charge on any atom is 0.420 e. The lowest BCUT2D eigenvalue weighted by atomic mass is 9.80. The number of hydrogen-bond acceptors (Lipinski definition) is 3. The molecule has 2 heterocycles. The van der Waals surface area contributed by atoms with E-state index in [2.05, 4.69) is 34.5 Å². The van der Waals surface area contributed by atoms with E-state index in [9.17, 15) is 9.59 Å². The van der Waals surface area contributed by atoms with Gasteiger partial charge in [0.25, 0.3) is 0 Å². The van der Waals surface area contributed by atoms with E-state index in [4.69, 9.17) is 23.2 Å². The summed E-state index contributed by atoms with van der Waals surface area (Å²) >= 11 is 12.6. The summed E-state index contributed by atoms with van der Waals surface area (Å²) in [5, 5.41) is 4.28. The number of amides is 3. The van der Waals surface area contributed by atoms with Crippen LogP contribution < -0.4 is 5.32 Å². The fourth-order valence-electron chi connectivity index (χ4n) is 6.45. The number of urea groups is 1. The Morgan fingerprint density at radius 3 is 2.25 bits per heavy atom. The van der Waals surface area contributed by atoms with E-state index in [1.165, 1.54) is 0 Å². The van der Waals surface area contributed by atoms with Crippen molar-refractivity contribution >= 4 is 35.1 Å². The second-order valence-corrected chi connectivity index (χ2v) is 12.1. The predicted octanol–water partition coefficient (Wildman–Crippen LogP) is 6.24. The van der Waals surface area contributed by atoms with E-state index in [1.807, 2.05) is 66.5 Å². The van der Waals surface area contributed by atoms with E-state index in [0.717, 1.165) is 49.2 Å². The van der Waals surface area contributed by atoms with Crippen LogP contribution in [0.15, 0.2) is 78.9 Å². The van der Waals surface area contributed by atoms with Gasteiger partial charge in [0.2, 0.25) is 5.91 Å². The molecule has 2 atom stereocenters. The van der Waals surface area contributed by atoms with Crippen molar-refractivity contribution in [2.24, 2.45) is 0 Å². The van der Waals surface area contributed by atoms with Gasteiger partial charge in [-0.2, -0.15) is 0 Å². The molecular formula is C32H37Cl2N4O2+. The Balaban J connectivity index is 1.35. The Bertz CT molecular complexity index is 1350. The molecule has 3 aromatic rings. The molecule has 6 nitrogen and oxygen atoms in total. The number of likely N-dealkylation sites (N-methyl/N-ethyl adjacent to an activating group) is 1. The van der Waals surface area contributed by atoms with Gasteiger partial charge < -0.3 is 5.32 Å². The number of likely N-dealkylation sites (tertiary alicyclic amines) is 1. The average Bonchev–Trinajstić information content (AvgIpc) is 3.20. The van der Waals surface area contributed by atoms with E-state index < -0.39 is 0 Å². The largest absolute Gasteiger partial charge is 0.420 e. The van der Waals surface area contributed by atoms with Crippen molar-refractivity contribution in [3.63, 3.8) is 0 Å². The molecule has 1 N–H and O–H groups in total. The van der Waals surface area contributed by atoms with Gasteiger partial charge in [-0.05, 0) is 36.1 Å². The topological polar surface area (TPSA) is 52.7 Å². The fourth-order valence-corrected chi connectivity index (χ4v) is 6.76. The highest BCUT2D eigenvalue weighted by atomic mass is 35.5. The number of hydrogen-bond donors (Lipinski definition) is 1. The van der Waals surface area contributed by atoms with Gasteiger partial charge in [-0.1, -0.05) is 89.9 Å². The quantitative estimate of drug-likeness (QED) is 0.321. The minimum absolute atomic E-state index is 0.0104. The lowest BCUT2D eigenvalue weighted by Gasteiger charge is -2.43. The van der Waals surface area contributed by atoms with E-state index in [0.29, 0.717) is 34.2 Å².